The molecule has 2 aromatic heterocycles. The Morgan fingerprint density at radius 3 is 2.73 bits per heavy atom. The van der Waals surface area contributed by atoms with E-state index in [2.05, 4.69) is 25.9 Å². The number of nitrogens with zero attached hydrogens (tertiary/aromatic N) is 3. The second-order valence-corrected chi connectivity index (χ2v) is 3.82. The minimum atomic E-state index is -0.430. The highest BCUT2D eigenvalue weighted by molar-refractivity contribution is 9.10. The zero-order valence-corrected chi connectivity index (χ0v) is 9.83. The topological polar surface area (TPSA) is 72.7 Å². The highest BCUT2D eigenvalue weighted by Gasteiger charge is 2.13. The lowest BCUT2D eigenvalue weighted by atomic mass is 10.5. The largest absolute Gasteiger partial charge is 0.330 e. The molecule has 15 heavy (non-hydrogen) atoms. The van der Waals surface area contributed by atoms with Crippen molar-refractivity contribution in [3.8, 4) is 0 Å². The van der Waals surface area contributed by atoms with E-state index in [1.165, 1.54) is 4.57 Å². The van der Waals surface area contributed by atoms with Crippen LogP contribution in [0, 0.1) is 0 Å². The average molecular weight is 273 g/mol. The molecule has 1 N–H and O–H groups in total. The van der Waals surface area contributed by atoms with E-state index in [0.717, 1.165) is 0 Å². The lowest BCUT2D eigenvalue weighted by molar-refractivity contribution is 0.719. The molecule has 0 unspecified atom stereocenters. The van der Waals surface area contributed by atoms with Gasteiger partial charge < -0.3 is 4.57 Å². The number of hydrogen-bond acceptors (Lipinski definition) is 3. The monoisotopic (exact) mass is 272 g/mol. The Bertz CT molecular complexity index is 636. The fourth-order valence-electron chi connectivity index (χ4n) is 1.51. The maximum atomic E-state index is 11.6. The van der Waals surface area contributed by atoms with Gasteiger partial charge in [-0.3, -0.25) is 14.3 Å². The summed E-state index contributed by atoms with van der Waals surface area (Å²) >= 11 is 3.21. The van der Waals surface area contributed by atoms with Crippen LogP contribution in [0.15, 0.2) is 14.3 Å². The van der Waals surface area contributed by atoms with E-state index in [-0.39, 0.29) is 0 Å². The Kier molecular flexibility index (Phi) is 2.26. The summed E-state index contributed by atoms with van der Waals surface area (Å²) in [6.45, 7) is 2.29. The Labute approximate surface area is 92.7 Å². The van der Waals surface area contributed by atoms with Gasteiger partial charge in [0.25, 0.3) is 5.56 Å². The van der Waals surface area contributed by atoms with Crippen LogP contribution < -0.4 is 11.2 Å². The third-order valence-corrected chi connectivity index (χ3v) is 2.98. The molecule has 6 nitrogen and oxygen atoms in total. The molecule has 0 aliphatic heterocycles. The zero-order chi connectivity index (χ0) is 11.2. The summed E-state index contributed by atoms with van der Waals surface area (Å²) in [5.41, 5.74) is -0.0510. The highest BCUT2D eigenvalue weighted by atomic mass is 79.9. The third kappa shape index (κ3) is 1.34. The van der Waals surface area contributed by atoms with Gasteiger partial charge in [-0.1, -0.05) is 0 Å². The standard InChI is InChI=1S/C8H9BrN4O2/c1-3-13-5-4(6(14)11-8(13)15)12(2)7(9)10-5/h3H2,1-2H3,(H,11,14,15). The molecule has 0 aliphatic rings. The Balaban J connectivity index is 3.10. The molecule has 0 saturated heterocycles. The van der Waals surface area contributed by atoms with Gasteiger partial charge in [-0.25, -0.2) is 9.78 Å². The van der Waals surface area contributed by atoms with E-state index in [1.54, 1.807) is 11.6 Å². The molecule has 0 bridgehead atoms. The van der Waals surface area contributed by atoms with E-state index < -0.39 is 11.2 Å². The molecule has 0 amide bonds. The number of aromatic amines is 1. The first-order valence-corrected chi connectivity index (χ1v) is 5.20. The first-order chi connectivity index (χ1) is 7.06. The van der Waals surface area contributed by atoms with Crippen molar-refractivity contribution in [3.63, 3.8) is 0 Å². The molecule has 2 heterocycles. The molecular weight excluding hydrogens is 264 g/mol. The molecule has 0 radical (unpaired) electrons. The molecule has 2 aromatic rings. The number of imidazole rings is 1. The zero-order valence-electron chi connectivity index (χ0n) is 8.24. The van der Waals surface area contributed by atoms with Crippen LogP contribution in [0.1, 0.15) is 6.92 Å². The van der Waals surface area contributed by atoms with E-state index in [4.69, 9.17) is 0 Å². The first kappa shape index (κ1) is 10.2. The van der Waals surface area contributed by atoms with Crippen molar-refractivity contribution in [1.82, 2.24) is 19.1 Å². The summed E-state index contributed by atoms with van der Waals surface area (Å²) < 4.78 is 3.54. The van der Waals surface area contributed by atoms with Crippen molar-refractivity contribution in [2.45, 2.75) is 13.5 Å². The number of H-pyrrole nitrogens is 1. The predicted octanol–water partition coefficient (Wildman–Crippen LogP) is 0.206. The summed E-state index contributed by atoms with van der Waals surface area (Å²) in [5.74, 6) is 0. The Morgan fingerprint density at radius 2 is 2.13 bits per heavy atom. The number of hydrogen-bond donors (Lipinski definition) is 1. The molecule has 0 atom stereocenters. The van der Waals surface area contributed by atoms with Crippen LogP contribution in [0.4, 0.5) is 0 Å². The van der Waals surface area contributed by atoms with Gasteiger partial charge in [0.15, 0.2) is 15.9 Å². The number of aryl methyl sites for hydroxylation is 2. The number of rotatable bonds is 1. The van der Waals surface area contributed by atoms with Crippen LogP contribution in [0.3, 0.4) is 0 Å². The SMILES string of the molecule is CCn1c(=O)[nH]c(=O)c2c1nc(Br)n2C. The fourth-order valence-corrected chi connectivity index (χ4v) is 1.86. The van der Waals surface area contributed by atoms with Crippen molar-refractivity contribution in [2.75, 3.05) is 0 Å². The van der Waals surface area contributed by atoms with Crippen LogP contribution in [0.5, 0.6) is 0 Å². The average Bonchev–Trinajstić information content (AvgIpc) is 2.44. The van der Waals surface area contributed by atoms with Crippen molar-refractivity contribution in [3.05, 3.63) is 25.6 Å². The molecule has 7 heteroatoms. The van der Waals surface area contributed by atoms with E-state index in [9.17, 15) is 9.59 Å². The molecule has 2 rings (SSSR count). The van der Waals surface area contributed by atoms with Crippen LogP contribution in [0.25, 0.3) is 11.2 Å². The maximum absolute atomic E-state index is 11.6. The molecular formula is C8H9BrN4O2. The van der Waals surface area contributed by atoms with Gasteiger partial charge in [0.2, 0.25) is 0 Å². The normalized spacial score (nSPS) is 11.1. The fraction of sp³-hybridized carbons (Fsp3) is 0.375. The van der Waals surface area contributed by atoms with Crippen molar-refractivity contribution < 1.29 is 0 Å². The predicted molar refractivity (Wildman–Crippen MR) is 59.0 cm³/mol. The molecule has 0 fully saturated rings. The van der Waals surface area contributed by atoms with Gasteiger partial charge in [-0.2, -0.15) is 0 Å². The minimum absolute atomic E-state index is 0.392. The summed E-state index contributed by atoms with van der Waals surface area (Å²) in [7, 11) is 1.71. The number of halogens is 1. The van der Waals surface area contributed by atoms with Crippen molar-refractivity contribution in [1.29, 1.82) is 0 Å². The molecule has 0 aromatic carbocycles. The maximum Gasteiger partial charge on any atom is 0.330 e. The summed E-state index contributed by atoms with van der Waals surface area (Å²) in [6, 6.07) is 0. The Hall–Kier alpha value is -1.37. The quantitative estimate of drug-likeness (QED) is 0.755. The van der Waals surface area contributed by atoms with Gasteiger partial charge in [-0.15, -0.1) is 0 Å². The van der Waals surface area contributed by atoms with Gasteiger partial charge in [0, 0.05) is 13.6 Å². The first-order valence-electron chi connectivity index (χ1n) is 4.41. The number of nitrogens with one attached hydrogen (secondary N) is 1. The molecule has 0 aliphatic carbocycles. The molecule has 80 valence electrons. The van der Waals surface area contributed by atoms with E-state index >= 15 is 0 Å². The van der Waals surface area contributed by atoms with Crippen LogP contribution in [-0.2, 0) is 13.6 Å². The van der Waals surface area contributed by atoms with E-state index in [0.29, 0.717) is 22.4 Å². The summed E-state index contributed by atoms with van der Waals surface area (Å²) in [5, 5.41) is 0. The molecule has 0 spiro atoms. The van der Waals surface area contributed by atoms with E-state index in [1.807, 2.05) is 6.92 Å². The van der Waals surface area contributed by atoms with Gasteiger partial charge in [0.1, 0.15) is 0 Å². The number of fused-ring (bicyclic) bond motifs is 1. The summed E-state index contributed by atoms with van der Waals surface area (Å²) in [6.07, 6.45) is 0. The smallest absolute Gasteiger partial charge is 0.316 e. The van der Waals surface area contributed by atoms with Crippen LogP contribution >= 0.6 is 15.9 Å². The van der Waals surface area contributed by atoms with Crippen LogP contribution in [0.2, 0.25) is 0 Å². The van der Waals surface area contributed by atoms with Gasteiger partial charge in [-0.05, 0) is 22.9 Å². The lowest BCUT2D eigenvalue weighted by Crippen LogP contribution is -2.30. The minimum Gasteiger partial charge on any atom is -0.316 e. The number of aromatic nitrogens is 4. The molecule has 0 saturated carbocycles. The lowest BCUT2D eigenvalue weighted by Gasteiger charge is -2.01. The summed E-state index contributed by atoms with van der Waals surface area (Å²) in [4.78, 5) is 29.4. The van der Waals surface area contributed by atoms with Crippen molar-refractivity contribution >= 4 is 27.1 Å². The van der Waals surface area contributed by atoms with Crippen molar-refractivity contribution in [2.24, 2.45) is 7.05 Å². The second-order valence-electron chi connectivity index (χ2n) is 3.12. The van der Waals surface area contributed by atoms with Crippen LogP contribution in [-0.4, -0.2) is 19.1 Å². The highest BCUT2D eigenvalue weighted by Crippen LogP contribution is 2.13. The second kappa shape index (κ2) is 3.34. The van der Waals surface area contributed by atoms with Gasteiger partial charge >= 0.3 is 5.69 Å². The van der Waals surface area contributed by atoms with Gasteiger partial charge in [0.05, 0.1) is 0 Å². The Morgan fingerprint density at radius 1 is 1.47 bits per heavy atom. The third-order valence-electron chi connectivity index (χ3n) is 2.27.